The van der Waals surface area contributed by atoms with Crippen LogP contribution in [0.4, 0.5) is 0 Å². The van der Waals surface area contributed by atoms with Gasteiger partial charge in [0.05, 0.1) is 5.69 Å². The molecule has 4 aromatic heterocycles. The predicted octanol–water partition coefficient (Wildman–Crippen LogP) is 3.23. The van der Waals surface area contributed by atoms with Crippen molar-refractivity contribution >= 4 is 35.2 Å². The summed E-state index contributed by atoms with van der Waals surface area (Å²) in [5, 5.41) is 22.7. The van der Waals surface area contributed by atoms with E-state index in [0.29, 0.717) is 12.8 Å². The van der Waals surface area contributed by atoms with Gasteiger partial charge in [0.1, 0.15) is 0 Å². The molecular weight excluding hydrogens is 528 g/mol. The summed E-state index contributed by atoms with van der Waals surface area (Å²) in [6, 6.07) is 4.28. The lowest BCUT2D eigenvalue weighted by molar-refractivity contribution is -0.138. The van der Waals surface area contributed by atoms with Crippen molar-refractivity contribution in [1.82, 2.24) is 19.9 Å². The second-order valence-corrected chi connectivity index (χ2v) is 11.1. The minimum absolute atomic E-state index is 0.00519. The zero-order chi connectivity index (χ0) is 30.3. The first-order valence-electron chi connectivity index (χ1n) is 14.3. The Hall–Kier alpha value is -4.72. The van der Waals surface area contributed by atoms with Gasteiger partial charge in [-0.3, -0.25) is 9.59 Å². The number of hydrogen-bond donors (Lipinski definition) is 6. The highest BCUT2D eigenvalue weighted by atomic mass is 16.4. The Kier molecular flexibility index (Phi) is 7.73. The summed E-state index contributed by atoms with van der Waals surface area (Å²) in [7, 11) is 0. The van der Waals surface area contributed by atoms with E-state index < -0.39 is 11.9 Å². The van der Waals surface area contributed by atoms with E-state index in [4.69, 9.17) is 0 Å². The fourth-order valence-electron chi connectivity index (χ4n) is 6.14. The fraction of sp³-hybridized carbons (Fsp3) is 0.294. The first-order chi connectivity index (χ1) is 20.0. The molecule has 5 rings (SSSR count). The third kappa shape index (κ3) is 5.20. The monoisotopic (exact) mass is 566 g/mol. The Morgan fingerprint density at radius 1 is 0.810 bits per heavy atom. The number of carbonyl (C=O) groups is 2. The number of allylic oxidation sites excluding steroid dienone is 1. The quantitative estimate of drug-likeness (QED) is 0.195. The van der Waals surface area contributed by atoms with Gasteiger partial charge in [0.15, 0.2) is 0 Å². The number of carboxylic acid groups (broad SMARTS) is 2. The van der Waals surface area contributed by atoms with Crippen LogP contribution >= 0.6 is 0 Å². The Morgan fingerprint density at radius 3 is 2.12 bits per heavy atom. The maximum atomic E-state index is 11.6. The number of aryl methyl sites for hydroxylation is 2. The highest BCUT2D eigenvalue weighted by Gasteiger charge is 2.18. The van der Waals surface area contributed by atoms with Gasteiger partial charge >= 0.3 is 11.9 Å². The number of hydrogen-bond acceptors (Lipinski definition) is 2. The topological polar surface area (TPSA) is 138 Å². The molecule has 6 N–H and O–H groups in total. The SMILES string of the molecule is C=CC1=c2cc(C)c([nH]2)=Cc2[nH]c(c(CCC(=O)O)c2C)C=c2[nH]c(c(C)c2CCC(=O)O)=C(CC)c2cc(C)c1[nH]2. The zero-order valence-electron chi connectivity index (χ0n) is 24.8. The number of aromatic amines is 4. The molecular formula is C34H38N4O4. The molecule has 0 atom stereocenters. The minimum atomic E-state index is -0.856. The lowest BCUT2D eigenvalue weighted by atomic mass is 10.0. The molecule has 4 aromatic rings. The second-order valence-electron chi connectivity index (χ2n) is 11.1. The predicted molar refractivity (Wildman–Crippen MR) is 165 cm³/mol. The maximum absolute atomic E-state index is 11.6. The van der Waals surface area contributed by atoms with E-state index in [1.54, 1.807) is 0 Å². The summed E-state index contributed by atoms with van der Waals surface area (Å²) in [4.78, 5) is 37.6. The van der Waals surface area contributed by atoms with Crippen LogP contribution in [0.15, 0.2) is 24.8 Å². The molecule has 218 valence electrons. The smallest absolute Gasteiger partial charge is 0.303 e. The Balaban J connectivity index is 1.95. The average Bonchev–Trinajstić information content (AvgIpc) is 3.64. The van der Waals surface area contributed by atoms with Gasteiger partial charge in [-0.05, 0) is 110 Å². The van der Waals surface area contributed by atoms with E-state index in [-0.39, 0.29) is 12.8 Å². The molecule has 8 bridgehead atoms. The van der Waals surface area contributed by atoms with Gasteiger partial charge in [-0.2, -0.15) is 0 Å². The summed E-state index contributed by atoms with van der Waals surface area (Å²) in [5.74, 6) is -1.71. The lowest BCUT2D eigenvalue weighted by Crippen LogP contribution is -2.16. The number of aliphatic carboxylic acids is 2. The van der Waals surface area contributed by atoms with Crippen LogP contribution < -0.4 is 21.4 Å². The molecule has 0 radical (unpaired) electrons. The van der Waals surface area contributed by atoms with Crippen LogP contribution in [0.25, 0.3) is 23.3 Å². The van der Waals surface area contributed by atoms with E-state index in [1.165, 1.54) is 0 Å². The summed E-state index contributed by atoms with van der Waals surface area (Å²) in [5.41, 5.74) is 11.8. The van der Waals surface area contributed by atoms with Gasteiger partial charge in [-0.25, -0.2) is 0 Å². The number of aromatic nitrogens is 4. The number of fused-ring (bicyclic) bond motifs is 8. The van der Waals surface area contributed by atoms with Gasteiger partial charge in [0.25, 0.3) is 0 Å². The average molecular weight is 567 g/mol. The summed E-state index contributed by atoms with van der Waals surface area (Å²) < 4.78 is 0. The summed E-state index contributed by atoms with van der Waals surface area (Å²) in [6.07, 6.45) is 7.44. The molecule has 0 saturated carbocycles. The second kappa shape index (κ2) is 11.3. The molecule has 1 aliphatic heterocycles. The van der Waals surface area contributed by atoms with Crippen molar-refractivity contribution in [2.24, 2.45) is 0 Å². The highest BCUT2D eigenvalue weighted by Crippen LogP contribution is 2.25. The molecule has 0 unspecified atom stereocenters. The lowest BCUT2D eigenvalue weighted by Gasteiger charge is -2.04. The van der Waals surface area contributed by atoms with Crippen molar-refractivity contribution in [3.63, 3.8) is 0 Å². The molecule has 8 heteroatoms. The number of rotatable bonds is 8. The maximum Gasteiger partial charge on any atom is 0.303 e. The first-order valence-corrected chi connectivity index (χ1v) is 14.3. The molecule has 0 fully saturated rings. The van der Waals surface area contributed by atoms with Crippen LogP contribution in [0.2, 0.25) is 0 Å². The third-order valence-electron chi connectivity index (χ3n) is 8.43. The normalized spacial score (nSPS) is 12.7. The largest absolute Gasteiger partial charge is 0.481 e. The van der Waals surface area contributed by atoms with Gasteiger partial charge in [0, 0.05) is 56.9 Å². The molecule has 0 aliphatic carbocycles. The standard InChI is InChI=1S/C34H38N4O4/c1-7-21-27-13-17(3)25(35-27)15-26-19(5)23(9-11-31(39)40)29(36-26)16-30-24(10-12-32(41)42)20(6)34(38-30)22(8-2)28-14-18(4)33(21)37-28/h7,13-16,35-38H,1,8-12H2,2-6H3,(H,39,40)(H,41,42). The van der Waals surface area contributed by atoms with Gasteiger partial charge in [-0.1, -0.05) is 19.6 Å². The van der Waals surface area contributed by atoms with Gasteiger partial charge in [-0.15, -0.1) is 0 Å². The molecule has 5 heterocycles. The van der Waals surface area contributed by atoms with Crippen molar-refractivity contribution in [2.45, 2.75) is 66.7 Å². The van der Waals surface area contributed by atoms with Crippen LogP contribution in [0.1, 0.15) is 82.3 Å². The van der Waals surface area contributed by atoms with Crippen LogP contribution in [0.5, 0.6) is 0 Å². The molecule has 0 spiro atoms. The summed E-state index contributed by atoms with van der Waals surface area (Å²) >= 11 is 0. The van der Waals surface area contributed by atoms with E-state index in [9.17, 15) is 19.8 Å². The fourth-order valence-corrected chi connectivity index (χ4v) is 6.14. The molecule has 42 heavy (non-hydrogen) atoms. The molecule has 0 saturated heterocycles. The van der Waals surface area contributed by atoms with E-state index in [0.717, 1.165) is 95.1 Å². The number of H-pyrrole nitrogens is 4. The van der Waals surface area contributed by atoms with Gasteiger partial charge in [0.2, 0.25) is 0 Å². The van der Waals surface area contributed by atoms with Crippen molar-refractivity contribution in [1.29, 1.82) is 0 Å². The Morgan fingerprint density at radius 2 is 1.48 bits per heavy atom. The van der Waals surface area contributed by atoms with Crippen LogP contribution in [-0.4, -0.2) is 42.1 Å². The Bertz CT molecular complexity index is 1990. The van der Waals surface area contributed by atoms with Crippen LogP contribution in [0.3, 0.4) is 0 Å². The van der Waals surface area contributed by atoms with Crippen molar-refractivity contribution in [3.8, 4) is 0 Å². The molecule has 0 amide bonds. The van der Waals surface area contributed by atoms with E-state index in [1.807, 2.05) is 26.0 Å². The molecule has 0 aromatic carbocycles. The third-order valence-corrected chi connectivity index (χ3v) is 8.43. The van der Waals surface area contributed by atoms with Crippen LogP contribution in [0, 0.1) is 27.7 Å². The zero-order valence-corrected chi connectivity index (χ0v) is 24.8. The number of nitrogens with one attached hydrogen (secondary N) is 4. The minimum Gasteiger partial charge on any atom is -0.481 e. The molecule has 8 nitrogen and oxygen atoms in total. The number of carboxylic acids is 2. The Labute approximate surface area is 243 Å². The van der Waals surface area contributed by atoms with E-state index >= 15 is 0 Å². The van der Waals surface area contributed by atoms with Crippen molar-refractivity contribution in [3.05, 3.63) is 102 Å². The van der Waals surface area contributed by atoms with Crippen molar-refractivity contribution in [2.75, 3.05) is 0 Å². The van der Waals surface area contributed by atoms with Crippen LogP contribution in [-0.2, 0) is 22.4 Å². The molecule has 1 aliphatic rings. The van der Waals surface area contributed by atoms with Gasteiger partial charge < -0.3 is 30.1 Å². The highest BCUT2D eigenvalue weighted by molar-refractivity contribution is 5.76. The summed E-state index contributed by atoms with van der Waals surface area (Å²) in [6.45, 7) is 14.4. The van der Waals surface area contributed by atoms with E-state index in [2.05, 4.69) is 65.5 Å². The first kappa shape index (κ1) is 28.8. The van der Waals surface area contributed by atoms with Crippen molar-refractivity contribution < 1.29 is 19.8 Å².